The highest BCUT2D eigenvalue weighted by Crippen LogP contribution is 2.30. The van der Waals surface area contributed by atoms with E-state index in [4.69, 9.17) is 9.72 Å². The second-order valence-corrected chi connectivity index (χ2v) is 8.65. The Morgan fingerprint density at radius 3 is 2.53 bits per heavy atom. The molecule has 0 N–H and O–H groups in total. The minimum atomic E-state index is -0.378. The summed E-state index contributed by atoms with van der Waals surface area (Å²) in [6, 6.07) is 14.8. The Balaban J connectivity index is 1.86. The zero-order valence-electron chi connectivity index (χ0n) is 19.1. The third-order valence-electron chi connectivity index (χ3n) is 6.46. The molecule has 1 amide bonds. The molecule has 2 aromatic carbocycles. The van der Waals surface area contributed by atoms with Crippen molar-refractivity contribution in [2.75, 3.05) is 20.3 Å². The second kappa shape index (κ2) is 9.65. The second-order valence-electron chi connectivity index (χ2n) is 8.65. The molecule has 1 fully saturated rings. The van der Waals surface area contributed by atoms with Crippen molar-refractivity contribution in [2.24, 2.45) is 5.92 Å². The molecule has 1 atom stereocenters. The maximum atomic E-state index is 13.6. The first-order valence-corrected chi connectivity index (χ1v) is 11.4. The molecule has 6 heteroatoms. The molecule has 4 rings (SSSR count). The highest BCUT2D eigenvalue weighted by atomic mass is 16.5. The molecule has 6 nitrogen and oxygen atoms in total. The molecule has 3 aromatic rings. The first kappa shape index (κ1) is 22.2. The van der Waals surface area contributed by atoms with Crippen LogP contribution >= 0.6 is 0 Å². The van der Waals surface area contributed by atoms with Crippen LogP contribution in [-0.2, 0) is 9.53 Å². The first-order chi connectivity index (χ1) is 15.5. The molecule has 0 saturated heterocycles. The number of hydrogen-bond acceptors (Lipinski definition) is 4. The van der Waals surface area contributed by atoms with Gasteiger partial charge in [-0.3, -0.25) is 14.2 Å². The highest BCUT2D eigenvalue weighted by molar-refractivity contribution is 5.80. The Hall–Kier alpha value is -2.99. The van der Waals surface area contributed by atoms with Gasteiger partial charge < -0.3 is 9.64 Å². The largest absolute Gasteiger partial charge is 0.383 e. The van der Waals surface area contributed by atoms with E-state index in [0.29, 0.717) is 29.9 Å². The van der Waals surface area contributed by atoms with Gasteiger partial charge >= 0.3 is 0 Å². The number of para-hydroxylation sites is 1. The maximum Gasteiger partial charge on any atom is 0.266 e. The summed E-state index contributed by atoms with van der Waals surface area (Å²) in [5, 5.41) is 0.564. The number of aryl methyl sites for hydroxylation is 1. The van der Waals surface area contributed by atoms with Crippen LogP contribution in [0.2, 0.25) is 0 Å². The molecule has 1 saturated carbocycles. The third-order valence-corrected chi connectivity index (χ3v) is 6.46. The standard InChI is InChI=1S/C26H31N3O3/c1-18-12-14-21(15-13-18)29-24(27-23-11-7-6-10-22(23)26(29)31)19(2)28(16-17-32-3)25(30)20-8-4-5-9-20/h6-7,10-15,19-20H,4-5,8-9,16-17H2,1-3H3. The molecule has 0 aliphatic heterocycles. The molecular formula is C26H31N3O3. The van der Waals surface area contributed by atoms with Crippen molar-refractivity contribution in [3.63, 3.8) is 0 Å². The molecule has 0 spiro atoms. The van der Waals surface area contributed by atoms with Crippen molar-refractivity contribution in [1.29, 1.82) is 0 Å². The summed E-state index contributed by atoms with van der Waals surface area (Å²) in [4.78, 5) is 33.8. The zero-order valence-corrected chi connectivity index (χ0v) is 19.1. The van der Waals surface area contributed by atoms with Crippen LogP contribution < -0.4 is 5.56 Å². The number of carbonyl (C=O) groups excluding carboxylic acids is 1. The fraction of sp³-hybridized carbons (Fsp3) is 0.423. The van der Waals surface area contributed by atoms with Gasteiger partial charge in [0, 0.05) is 19.6 Å². The first-order valence-electron chi connectivity index (χ1n) is 11.4. The lowest BCUT2D eigenvalue weighted by Crippen LogP contribution is -2.41. The molecule has 1 aliphatic rings. The number of amides is 1. The molecule has 1 aliphatic carbocycles. The molecular weight excluding hydrogens is 402 g/mol. The van der Waals surface area contributed by atoms with Gasteiger partial charge in [0.2, 0.25) is 5.91 Å². The van der Waals surface area contributed by atoms with E-state index in [1.807, 2.05) is 61.2 Å². The lowest BCUT2D eigenvalue weighted by Gasteiger charge is -2.32. The van der Waals surface area contributed by atoms with Crippen molar-refractivity contribution >= 4 is 16.8 Å². The normalized spacial score (nSPS) is 15.2. The Kier molecular flexibility index (Phi) is 6.70. The van der Waals surface area contributed by atoms with E-state index >= 15 is 0 Å². The van der Waals surface area contributed by atoms with E-state index in [1.165, 1.54) is 0 Å². The summed E-state index contributed by atoms with van der Waals surface area (Å²) < 4.78 is 6.97. The average Bonchev–Trinajstić information content (AvgIpc) is 3.35. The number of fused-ring (bicyclic) bond motifs is 1. The number of hydrogen-bond donors (Lipinski definition) is 0. The Labute approximate surface area is 188 Å². The van der Waals surface area contributed by atoms with Crippen LogP contribution in [0.5, 0.6) is 0 Å². The van der Waals surface area contributed by atoms with Gasteiger partial charge in [0.05, 0.1) is 29.2 Å². The SMILES string of the molecule is COCCN(C(=O)C1CCCC1)C(C)c1nc2ccccc2c(=O)n1-c1ccc(C)cc1. The number of methoxy groups -OCH3 is 1. The van der Waals surface area contributed by atoms with Gasteiger partial charge in [-0.25, -0.2) is 4.98 Å². The molecule has 0 radical (unpaired) electrons. The maximum absolute atomic E-state index is 13.6. The molecule has 1 unspecified atom stereocenters. The van der Waals surface area contributed by atoms with Crippen LogP contribution in [0.25, 0.3) is 16.6 Å². The summed E-state index contributed by atoms with van der Waals surface area (Å²) in [6.45, 7) is 4.87. The van der Waals surface area contributed by atoms with E-state index in [2.05, 4.69) is 0 Å². The third kappa shape index (κ3) is 4.32. The van der Waals surface area contributed by atoms with Crippen LogP contribution in [0, 0.1) is 12.8 Å². The monoisotopic (exact) mass is 433 g/mol. The van der Waals surface area contributed by atoms with E-state index in [0.717, 1.165) is 36.9 Å². The highest BCUT2D eigenvalue weighted by Gasteiger charge is 2.32. The lowest BCUT2D eigenvalue weighted by atomic mass is 10.0. The predicted molar refractivity (Wildman–Crippen MR) is 126 cm³/mol. The summed E-state index contributed by atoms with van der Waals surface area (Å²) in [5.74, 6) is 0.735. The number of carbonyl (C=O) groups is 1. The van der Waals surface area contributed by atoms with Crippen LogP contribution in [0.15, 0.2) is 53.3 Å². The smallest absolute Gasteiger partial charge is 0.266 e. The van der Waals surface area contributed by atoms with Crippen LogP contribution in [0.1, 0.15) is 50.0 Å². The Morgan fingerprint density at radius 1 is 1.16 bits per heavy atom. The van der Waals surface area contributed by atoms with E-state index in [1.54, 1.807) is 17.7 Å². The molecule has 1 aromatic heterocycles. The minimum absolute atomic E-state index is 0.0364. The summed E-state index contributed by atoms with van der Waals surface area (Å²) in [5.41, 5.74) is 2.38. The topological polar surface area (TPSA) is 64.4 Å². The van der Waals surface area contributed by atoms with Crippen molar-refractivity contribution in [3.8, 4) is 5.69 Å². The van der Waals surface area contributed by atoms with Crippen molar-refractivity contribution < 1.29 is 9.53 Å². The fourth-order valence-corrected chi connectivity index (χ4v) is 4.60. The molecule has 32 heavy (non-hydrogen) atoms. The number of benzene rings is 2. The van der Waals surface area contributed by atoms with Crippen molar-refractivity contribution in [1.82, 2.24) is 14.5 Å². The van der Waals surface area contributed by atoms with Gasteiger partial charge in [0.15, 0.2) is 0 Å². The van der Waals surface area contributed by atoms with Gasteiger partial charge in [0.1, 0.15) is 5.82 Å². The summed E-state index contributed by atoms with van der Waals surface area (Å²) in [7, 11) is 1.64. The molecule has 0 bridgehead atoms. The van der Waals surface area contributed by atoms with Crippen LogP contribution in [0.4, 0.5) is 0 Å². The van der Waals surface area contributed by atoms with E-state index < -0.39 is 0 Å². The van der Waals surface area contributed by atoms with E-state index in [-0.39, 0.29) is 23.4 Å². The van der Waals surface area contributed by atoms with E-state index in [9.17, 15) is 9.59 Å². The van der Waals surface area contributed by atoms with Gasteiger partial charge in [-0.05, 0) is 51.0 Å². The minimum Gasteiger partial charge on any atom is -0.383 e. The quantitative estimate of drug-likeness (QED) is 0.553. The molecule has 1 heterocycles. The van der Waals surface area contributed by atoms with Crippen LogP contribution in [0.3, 0.4) is 0 Å². The number of ether oxygens (including phenoxy) is 1. The number of nitrogens with zero attached hydrogens (tertiary/aromatic N) is 3. The Bertz CT molecular complexity index is 1150. The summed E-state index contributed by atoms with van der Waals surface area (Å²) >= 11 is 0. The summed E-state index contributed by atoms with van der Waals surface area (Å²) in [6.07, 6.45) is 4.02. The van der Waals surface area contributed by atoms with Gasteiger partial charge in [-0.1, -0.05) is 42.7 Å². The number of rotatable bonds is 7. The van der Waals surface area contributed by atoms with Crippen molar-refractivity contribution in [2.45, 2.75) is 45.6 Å². The van der Waals surface area contributed by atoms with Crippen molar-refractivity contribution in [3.05, 3.63) is 70.3 Å². The Morgan fingerprint density at radius 2 is 1.84 bits per heavy atom. The number of aromatic nitrogens is 2. The van der Waals surface area contributed by atoms with Gasteiger partial charge in [-0.15, -0.1) is 0 Å². The van der Waals surface area contributed by atoms with Crippen LogP contribution in [-0.4, -0.2) is 40.6 Å². The van der Waals surface area contributed by atoms with Gasteiger partial charge in [0.25, 0.3) is 5.56 Å². The fourth-order valence-electron chi connectivity index (χ4n) is 4.60. The lowest BCUT2D eigenvalue weighted by molar-refractivity contribution is -0.138. The zero-order chi connectivity index (χ0) is 22.7. The van der Waals surface area contributed by atoms with Gasteiger partial charge in [-0.2, -0.15) is 0 Å². The molecule has 168 valence electrons. The average molecular weight is 434 g/mol. The predicted octanol–water partition coefficient (Wildman–Crippen LogP) is 4.42.